The van der Waals surface area contributed by atoms with Crippen molar-refractivity contribution in [1.82, 2.24) is 9.97 Å². The second kappa shape index (κ2) is 5.58. The third kappa shape index (κ3) is 2.97. The van der Waals surface area contributed by atoms with E-state index in [9.17, 15) is 9.90 Å². The van der Waals surface area contributed by atoms with Crippen LogP contribution in [0.15, 0.2) is 54.7 Å². The molecule has 0 unspecified atom stereocenters. The topological polar surface area (TPSA) is 75.1 Å². The van der Waals surface area contributed by atoms with Crippen LogP contribution in [0.2, 0.25) is 0 Å². The zero-order chi connectivity index (χ0) is 14.7. The third-order valence-electron chi connectivity index (χ3n) is 3.04. The van der Waals surface area contributed by atoms with Crippen LogP contribution < -0.4 is 5.32 Å². The van der Waals surface area contributed by atoms with Crippen LogP contribution in [0.1, 0.15) is 5.69 Å². The molecule has 21 heavy (non-hydrogen) atoms. The molecule has 5 nitrogen and oxygen atoms in total. The summed E-state index contributed by atoms with van der Waals surface area (Å²) in [7, 11) is 0. The van der Waals surface area contributed by atoms with Crippen molar-refractivity contribution >= 4 is 22.6 Å². The van der Waals surface area contributed by atoms with Crippen LogP contribution in [0, 0.1) is 0 Å². The Kier molecular flexibility index (Phi) is 3.47. The summed E-state index contributed by atoms with van der Waals surface area (Å²) in [6.07, 6.45) is 1.63. The van der Waals surface area contributed by atoms with E-state index in [1.165, 1.54) is 12.3 Å². The first-order valence-electron chi connectivity index (χ1n) is 6.51. The van der Waals surface area contributed by atoms with Crippen LogP contribution in [-0.4, -0.2) is 21.0 Å². The van der Waals surface area contributed by atoms with Crippen molar-refractivity contribution in [3.63, 3.8) is 0 Å². The van der Waals surface area contributed by atoms with E-state index in [1.807, 2.05) is 36.4 Å². The standard InChI is InChI=1S/C16H13N3O2/c20-14-6-3-9-17-16(14)19-15(21)10-12-8-7-11-4-1-2-5-13(11)18-12/h1-9,20H,10H2,(H,17,19,21). The van der Waals surface area contributed by atoms with Gasteiger partial charge in [-0.3, -0.25) is 9.78 Å². The Morgan fingerprint density at radius 1 is 1.10 bits per heavy atom. The first-order chi connectivity index (χ1) is 10.2. The molecule has 5 heteroatoms. The lowest BCUT2D eigenvalue weighted by molar-refractivity contribution is -0.115. The summed E-state index contributed by atoms with van der Waals surface area (Å²) in [6.45, 7) is 0. The Labute approximate surface area is 121 Å². The van der Waals surface area contributed by atoms with Gasteiger partial charge in [0.2, 0.25) is 5.91 Å². The molecule has 0 aliphatic carbocycles. The van der Waals surface area contributed by atoms with Gasteiger partial charge in [0.25, 0.3) is 0 Å². The molecule has 3 aromatic rings. The highest BCUT2D eigenvalue weighted by atomic mass is 16.3. The van der Waals surface area contributed by atoms with Gasteiger partial charge in [-0.2, -0.15) is 0 Å². The fourth-order valence-corrected chi connectivity index (χ4v) is 2.04. The van der Waals surface area contributed by atoms with Gasteiger partial charge in [-0.05, 0) is 24.3 Å². The van der Waals surface area contributed by atoms with Crippen LogP contribution in [-0.2, 0) is 11.2 Å². The van der Waals surface area contributed by atoms with Gasteiger partial charge in [-0.15, -0.1) is 0 Å². The lowest BCUT2D eigenvalue weighted by Gasteiger charge is -2.06. The van der Waals surface area contributed by atoms with Crippen molar-refractivity contribution in [1.29, 1.82) is 0 Å². The fourth-order valence-electron chi connectivity index (χ4n) is 2.04. The van der Waals surface area contributed by atoms with Crippen molar-refractivity contribution in [2.75, 3.05) is 5.32 Å². The van der Waals surface area contributed by atoms with Gasteiger partial charge < -0.3 is 10.4 Å². The second-order valence-electron chi connectivity index (χ2n) is 4.59. The molecule has 0 spiro atoms. The van der Waals surface area contributed by atoms with Gasteiger partial charge in [-0.25, -0.2) is 4.98 Å². The number of aromatic hydroxyl groups is 1. The number of aromatic nitrogens is 2. The summed E-state index contributed by atoms with van der Waals surface area (Å²) in [5, 5.41) is 13.2. The largest absolute Gasteiger partial charge is 0.504 e. The van der Waals surface area contributed by atoms with Gasteiger partial charge in [0.05, 0.1) is 17.6 Å². The number of rotatable bonds is 3. The molecule has 0 fully saturated rings. The molecule has 2 aromatic heterocycles. The molecule has 0 saturated heterocycles. The van der Waals surface area contributed by atoms with Crippen LogP contribution in [0.3, 0.4) is 0 Å². The number of amides is 1. The number of carbonyl (C=O) groups excluding carboxylic acids is 1. The molecule has 0 aliphatic rings. The first kappa shape index (κ1) is 13.1. The highest BCUT2D eigenvalue weighted by Crippen LogP contribution is 2.18. The number of hydrogen-bond acceptors (Lipinski definition) is 4. The second-order valence-corrected chi connectivity index (χ2v) is 4.59. The van der Waals surface area contributed by atoms with E-state index in [0.29, 0.717) is 5.69 Å². The molecule has 104 valence electrons. The predicted octanol–water partition coefficient (Wildman–Crippen LogP) is 2.52. The Morgan fingerprint density at radius 3 is 2.81 bits per heavy atom. The summed E-state index contributed by atoms with van der Waals surface area (Å²) < 4.78 is 0. The Hall–Kier alpha value is -2.95. The van der Waals surface area contributed by atoms with Crippen molar-refractivity contribution < 1.29 is 9.90 Å². The molecule has 3 rings (SSSR count). The number of fused-ring (bicyclic) bond motifs is 1. The third-order valence-corrected chi connectivity index (χ3v) is 3.04. The van der Waals surface area contributed by atoms with E-state index in [-0.39, 0.29) is 23.9 Å². The molecule has 0 atom stereocenters. The highest BCUT2D eigenvalue weighted by Gasteiger charge is 2.09. The van der Waals surface area contributed by atoms with E-state index < -0.39 is 0 Å². The minimum Gasteiger partial charge on any atom is -0.504 e. The lowest BCUT2D eigenvalue weighted by atomic mass is 10.2. The maximum Gasteiger partial charge on any atom is 0.231 e. The number of benzene rings is 1. The summed E-state index contributed by atoms with van der Waals surface area (Å²) in [6, 6.07) is 14.5. The quantitative estimate of drug-likeness (QED) is 0.772. The van der Waals surface area contributed by atoms with Crippen LogP contribution in [0.25, 0.3) is 10.9 Å². The smallest absolute Gasteiger partial charge is 0.231 e. The lowest BCUT2D eigenvalue weighted by Crippen LogP contribution is -2.16. The molecule has 2 N–H and O–H groups in total. The zero-order valence-corrected chi connectivity index (χ0v) is 11.2. The van der Waals surface area contributed by atoms with E-state index in [2.05, 4.69) is 15.3 Å². The van der Waals surface area contributed by atoms with Gasteiger partial charge in [0.1, 0.15) is 0 Å². The van der Waals surface area contributed by atoms with Crippen LogP contribution >= 0.6 is 0 Å². The number of nitrogens with zero attached hydrogens (tertiary/aromatic N) is 2. The van der Waals surface area contributed by atoms with Crippen LogP contribution in [0.4, 0.5) is 5.82 Å². The molecule has 0 saturated carbocycles. The van der Waals surface area contributed by atoms with Gasteiger partial charge >= 0.3 is 0 Å². The molecule has 0 bridgehead atoms. The van der Waals surface area contributed by atoms with E-state index in [1.54, 1.807) is 6.07 Å². The van der Waals surface area contributed by atoms with Gasteiger partial charge in [-0.1, -0.05) is 24.3 Å². The fraction of sp³-hybridized carbons (Fsp3) is 0.0625. The summed E-state index contributed by atoms with van der Waals surface area (Å²) in [4.78, 5) is 20.3. The molecule has 1 amide bonds. The minimum atomic E-state index is -0.271. The summed E-state index contributed by atoms with van der Waals surface area (Å²) in [5.74, 6) is -0.174. The van der Waals surface area contributed by atoms with Gasteiger partial charge in [0.15, 0.2) is 11.6 Å². The van der Waals surface area contributed by atoms with Crippen molar-refractivity contribution in [3.05, 3.63) is 60.4 Å². The zero-order valence-electron chi connectivity index (χ0n) is 11.2. The number of anilines is 1. The maximum atomic E-state index is 12.0. The molecule has 0 aliphatic heterocycles. The average Bonchev–Trinajstić information content (AvgIpc) is 2.49. The Balaban J connectivity index is 1.75. The molecular weight excluding hydrogens is 266 g/mol. The first-order valence-corrected chi connectivity index (χ1v) is 6.51. The van der Waals surface area contributed by atoms with Crippen molar-refractivity contribution in [2.24, 2.45) is 0 Å². The van der Waals surface area contributed by atoms with E-state index in [0.717, 1.165) is 10.9 Å². The SMILES string of the molecule is O=C(Cc1ccc2ccccc2n1)Nc1ncccc1O. The number of carbonyl (C=O) groups is 1. The van der Waals surface area contributed by atoms with Crippen LogP contribution in [0.5, 0.6) is 5.75 Å². The van der Waals surface area contributed by atoms with Crippen molar-refractivity contribution in [3.8, 4) is 5.75 Å². The maximum absolute atomic E-state index is 12.0. The Morgan fingerprint density at radius 2 is 1.95 bits per heavy atom. The number of pyridine rings is 2. The average molecular weight is 279 g/mol. The summed E-state index contributed by atoms with van der Waals surface area (Å²) in [5.41, 5.74) is 1.52. The van der Waals surface area contributed by atoms with Gasteiger partial charge in [0, 0.05) is 11.6 Å². The Bertz CT molecular complexity index is 802. The van der Waals surface area contributed by atoms with E-state index >= 15 is 0 Å². The minimum absolute atomic E-state index is 0.0580. The molecule has 0 radical (unpaired) electrons. The van der Waals surface area contributed by atoms with E-state index in [4.69, 9.17) is 0 Å². The normalized spacial score (nSPS) is 10.5. The molecule has 2 heterocycles. The predicted molar refractivity (Wildman–Crippen MR) is 80.0 cm³/mol. The van der Waals surface area contributed by atoms with Crippen molar-refractivity contribution in [2.45, 2.75) is 6.42 Å². The number of hydrogen-bond donors (Lipinski definition) is 2. The number of nitrogens with one attached hydrogen (secondary N) is 1. The highest BCUT2D eigenvalue weighted by molar-refractivity contribution is 5.92. The molecule has 1 aromatic carbocycles. The number of para-hydroxylation sites is 1. The monoisotopic (exact) mass is 279 g/mol. The molecular formula is C16H13N3O2. The summed E-state index contributed by atoms with van der Waals surface area (Å²) >= 11 is 0.